The van der Waals surface area contributed by atoms with Crippen molar-refractivity contribution in [3.05, 3.63) is 72.1 Å². The Balaban J connectivity index is 1.72. The topological polar surface area (TPSA) is 43.2 Å². The van der Waals surface area contributed by atoms with Crippen molar-refractivity contribution in [3.8, 4) is 0 Å². The molecular formula is C19H22FN5. The van der Waals surface area contributed by atoms with Gasteiger partial charge in [-0.2, -0.15) is 0 Å². The Kier molecular flexibility index (Phi) is 6.11. The molecule has 1 aromatic rings. The average Bonchev–Trinajstić information content (AvgIpc) is 2.65. The molecule has 0 spiro atoms. The maximum atomic E-state index is 14.6. The second-order valence-corrected chi connectivity index (χ2v) is 5.79. The molecule has 1 atom stereocenters. The minimum absolute atomic E-state index is 0.291. The van der Waals surface area contributed by atoms with Gasteiger partial charge in [-0.25, -0.2) is 15.5 Å². The van der Waals surface area contributed by atoms with Crippen LogP contribution in [0.3, 0.4) is 0 Å². The lowest BCUT2D eigenvalue weighted by atomic mass is 10.1. The first kappa shape index (κ1) is 17.1. The van der Waals surface area contributed by atoms with E-state index in [2.05, 4.69) is 15.4 Å². The van der Waals surface area contributed by atoms with Gasteiger partial charge in [0.15, 0.2) is 0 Å². The average molecular weight is 339 g/mol. The summed E-state index contributed by atoms with van der Waals surface area (Å²) in [6.07, 6.45) is 12.9. The Bertz CT molecular complexity index is 693. The number of rotatable bonds is 5. The lowest BCUT2D eigenvalue weighted by Crippen LogP contribution is -2.40. The van der Waals surface area contributed by atoms with Crippen LogP contribution < -0.4 is 5.43 Å². The number of nitrogens with one attached hydrogen (secondary N) is 1. The third kappa shape index (κ3) is 5.12. The smallest absolute Gasteiger partial charge is 0.110 e. The number of benzene rings is 1. The molecule has 0 aromatic heterocycles. The summed E-state index contributed by atoms with van der Waals surface area (Å²) in [5, 5.41) is 2.62. The van der Waals surface area contributed by atoms with Crippen molar-refractivity contribution >= 4 is 12.6 Å². The van der Waals surface area contributed by atoms with E-state index in [1.807, 2.05) is 59.6 Å². The number of halogens is 1. The summed E-state index contributed by atoms with van der Waals surface area (Å²) >= 11 is 0. The molecule has 5 nitrogen and oxygen atoms in total. The summed E-state index contributed by atoms with van der Waals surface area (Å²) in [5.41, 5.74) is 5.15. The van der Waals surface area contributed by atoms with E-state index in [-0.39, 0.29) is 6.04 Å². The molecule has 0 fully saturated rings. The lowest BCUT2D eigenvalue weighted by Gasteiger charge is -2.28. The molecule has 25 heavy (non-hydrogen) atoms. The van der Waals surface area contributed by atoms with Gasteiger partial charge >= 0.3 is 0 Å². The summed E-state index contributed by atoms with van der Waals surface area (Å²) in [6, 6.07) is 9.79. The molecule has 1 N–H and O–H groups in total. The van der Waals surface area contributed by atoms with Gasteiger partial charge in [0.1, 0.15) is 6.34 Å². The van der Waals surface area contributed by atoms with Crippen molar-refractivity contribution in [2.75, 3.05) is 13.1 Å². The minimum atomic E-state index is -0.291. The normalized spacial score (nSPS) is 21.4. The van der Waals surface area contributed by atoms with Crippen molar-refractivity contribution in [1.82, 2.24) is 15.6 Å². The molecule has 130 valence electrons. The molecule has 6 heteroatoms. The molecule has 1 aliphatic carbocycles. The highest BCUT2D eigenvalue weighted by Crippen LogP contribution is 2.15. The van der Waals surface area contributed by atoms with Crippen LogP contribution in [-0.2, 0) is 6.54 Å². The fourth-order valence-corrected chi connectivity index (χ4v) is 2.60. The maximum Gasteiger partial charge on any atom is 0.110 e. The first-order chi connectivity index (χ1) is 12.3. The van der Waals surface area contributed by atoms with Crippen LogP contribution in [0.2, 0.25) is 0 Å². The standard InChI is InChI=1S/C19H22FN5/c20-24(18-9-5-2-6-10-18)15-19-14-22-16-21-11-12-25(19)23-13-17-7-3-1-4-8-17/h1-9,14-16,18,23H,10-13H2/b19-15+,21-16?,22-14?. The van der Waals surface area contributed by atoms with Gasteiger partial charge in [0.2, 0.25) is 0 Å². The zero-order valence-corrected chi connectivity index (χ0v) is 14.0. The van der Waals surface area contributed by atoms with E-state index < -0.39 is 0 Å². The summed E-state index contributed by atoms with van der Waals surface area (Å²) in [6.45, 7) is 1.87. The summed E-state index contributed by atoms with van der Waals surface area (Å²) < 4.78 is 14.6. The number of hydrazine groups is 1. The Morgan fingerprint density at radius 3 is 2.96 bits per heavy atom. The van der Waals surface area contributed by atoms with Gasteiger partial charge in [0.25, 0.3) is 0 Å². The van der Waals surface area contributed by atoms with E-state index >= 15 is 0 Å². The van der Waals surface area contributed by atoms with Gasteiger partial charge in [-0.3, -0.25) is 4.99 Å². The highest BCUT2D eigenvalue weighted by Gasteiger charge is 2.16. The number of nitrogens with zero attached hydrogens (tertiary/aromatic N) is 4. The third-order valence-electron chi connectivity index (χ3n) is 3.97. The summed E-state index contributed by atoms with van der Waals surface area (Å²) in [7, 11) is 0. The molecule has 0 saturated heterocycles. The van der Waals surface area contributed by atoms with E-state index in [0.717, 1.165) is 10.7 Å². The van der Waals surface area contributed by atoms with Gasteiger partial charge in [0.05, 0.1) is 37.2 Å². The first-order valence-corrected chi connectivity index (χ1v) is 8.38. The van der Waals surface area contributed by atoms with Crippen molar-refractivity contribution in [2.24, 2.45) is 9.98 Å². The molecule has 1 unspecified atom stereocenters. The second kappa shape index (κ2) is 8.94. The van der Waals surface area contributed by atoms with Gasteiger partial charge in [-0.1, -0.05) is 59.1 Å². The SMILES string of the molecule is FN(/C=C1\C=NC=NCCN1NCc1ccccc1)C1C=CC=CC1. The fraction of sp³-hybridized carbons (Fsp3) is 0.263. The Morgan fingerprint density at radius 1 is 1.28 bits per heavy atom. The largest absolute Gasteiger partial charge is 0.303 e. The predicted molar refractivity (Wildman–Crippen MR) is 99.6 cm³/mol. The molecule has 0 saturated carbocycles. The molecule has 2 aliphatic rings. The van der Waals surface area contributed by atoms with Crippen LogP contribution in [0.15, 0.2) is 76.5 Å². The zero-order chi connectivity index (χ0) is 17.3. The van der Waals surface area contributed by atoms with Gasteiger partial charge < -0.3 is 5.01 Å². The first-order valence-electron chi connectivity index (χ1n) is 8.38. The number of aliphatic imine (C=N–C) groups is 2. The second-order valence-electron chi connectivity index (χ2n) is 5.79. The summed E-state index contributed by atoms with van der Waals surface area (Å²) in [4.78, 5) is 8.30. The Morgan fingerprint density at radius 2 is 2.16 bits per heavy atom. The van der Waals surface area contributed by atoms with Crippen LogP contribution in [0.25, 0.3) is 0 Å². The van der Waals surface area contributed by atoms with Crippen LogP contribution in [0, 0.1) is 0 Å². The van der Waals surface area contributed by atoms with Gasteiger partial charge in [-0.15, -0.1) is 0 Å². The number of hydrogen-bond donors (Lipinski definition) is 1. The Hall–Kier alpha value is -2.73. The van der Waals surface area contributed by atoms with Crippen molar-refractivity contribution < 1.29 is 4.48 Å². The quantitative estimate of drug-likeness (QED) is 0.839. The van der Waals surface area contributed by atoms with Crippen LogP contribution >= 0.6 is 0 Å². The minimum Gasteiger partial charge on any atom is -0.303 e. The van der Waals surface area contributed by atoms with Crippen molar-refractivity contribution in [2.45, 2.75) is 19.0 Å². The van der Waals surface area contributed by atoms with E-state index in [4.69, 9.17) is 0 Å². The molecular weight excluding hydrogens is 317 g/mol. The molecule has 3 rings (SSSR count). The predicted octanol–water partition coefficient (Wildman–Crippen LogP) is 3.02. The molecule has 0 radical (unpaired) electrons. The van der Waals surface area contributed by atoms with E-state index in [1.54, 1.807) is 6.21 Å². The van der Waals surface area contributed by atoms with Gasteiger partial charge in [-0.05, 0) is 12.0 Å². The van der Waals surface area contributed by atoms with Gasteiger partial charge in [0, 0.05) is 6.54 Å². The zero-order valence-electron chi connectivity index (χ0n) is 14.0. The van der Waals surface area contributed by atoms with Crippen molar-refractivity contribution in [1.29, 1.82) is 0 Å². The lowest BCUT2D eigenvalue weighted by molar-refractivity contribution is 0.0540. The maximum absolute atomic E-state index is 14.6. The molecule has 0 bridgehead atoms. The van der Waals surface area contributed by atoms with E-state index in [1.165, 1.54) is 12.5 Å². The third-order valence-corrected chi connectivity index (χ3v) is 3.97. The summed E-state index contributed by atoms with van der Waals surface area (Å²) in [5.74, 6) is 0. The van der Waals surface area contributed by atoms with Crippen LogP contribution in [-0.4, -0.2) is 41.8 Å². The molecule has 1 aromatic carbocycles. The van der Waals surface area contributed by atoms with E-state index in [9.17, 15) is 4.48 Å². The number of hydrogen-bond acceptors (Lipinski definition) is 5. The highest BCUT2D eigenvalue weighted by molar-refractivity contribution is 5.84. The highest BCUT2D eigenvalue weighted by atomic mass is 19.2. The molecule has 0 amide bonds. The fourth-order valence-electron chi connectivity index (χ4n) is 2.60. The van der Waals surface area contributed by atoms with Crippen LogP contribution in [0.1, 0.15) is 12.0 Å². The Labute approximate surface area is 147 Å². The molecule has 1 heterocycles. The number of allylic oxidation sites excluding steroid dienone is 3. The molecule has 1 aliphatic heterocycles. The van der Waals surface area contributed by atoms with Crippen LogP contribution in [0.5, 0.6) is 0 Å². The monoisotopic (exact) mass is 339 g/mol. The van der Waals surface area contributed by atoms with Crippen LogP contribution in [0.4, 0.5) is 4.48 Å². The van der Waals surface area contributed by atoms with Crippen molar-refractivity contribution in [3.63, 3.8) is 0 Å². The van der Waals surface area contributed by atoms with E-state index in [0.29, 0.717) is 31.8 Å².